The molecule has 1 aliphatic heterocycles. The second-order valence-electron chi connectivity index (χ2n) is 11.7. The van der Waals surface area contributed by atoms with Crippen LogP contribution in [0.4, 0.5) is 10.2 Å². The van der Waals surface area contributed by atoms with Crippen molar-refractivity contribution in [3.8, 4) is 22.6 Å². The minimum absolute atomic E-state index is 0.131. The number of phenols is 1. The fraction of sp³-hybridized carbons (Fsp3) is 0.500. The molecule has 0 bridgehead atoms. The molecule has 0 spiro atoms. The summed E-state index contributed by atoms with van der Waals surface area (Å²) in [5.74, 6) is -0.735. The van der Waals surface area contributed by atoms with Crippen LogP contribution in [0.5, 0.6) is 11.5 Å². The SMILES string of the molecule is CC(Oc1cc(-c2cnn(C3CCN(CCCC(N)C(=O)OC(C)(C)C)CC3)c2)cnc1N)c1c(O)ccc(F)c1Cl. The fourth-order valence-electron chi connectivity index (χ4n) is 5.02. The van der Waals surface area contributed by atoms with E-state index in [2.05, 4.69) is 15.0 Å². The molecule has 0 amide bonds. The molecule has 228 valence electrons. The van der Waals surface area contributed by atoms with E-state index >= 15 is 0 Å². The normalized spacial score (nSPS) is 16.3. The summed E-state index contributed by atoms with van der Waals surface area (Å²) in [6.07, 6.45) is 7.93. The van der Waals surface area contributed by atoms with Crippen LogP contribution in [0.15, 0.2) is 36.8 Å². The number of nitrogens with zero attached hydrogens (tertiary/aromatic N) is 4. The van der Waals surface area contributed by atoms with Crippen molar-refractivity contribution in [2.45, 2.75) is 77.2 Å². The van der Waals surface area contributed by atoms with Gasteiger partial charge >= 0.3 is 5.97 Å². The number of halogens is 2. The first-order valence-corrected chi connectivity index (χ1v) is 14.5. The Morgan fingerprint density at radius 1 is 1.24 bits per heavy atom. The number of piperidine rings is 1. The molecule has 1 saturated heterocycles. The van der Waals surface area contributed by atoms with E-state index in [1.807, 2.05) is 31.6 Å². The van der Waals surface area contributed by atoms with Gasteiger partial charge in [-0.25, -0.2) is 9.37 Å². The van der Waals surface area contributed by atoms with Crippen LogP contribution >= 0.6 is 11.6 Å². The van der Waals surface area contributed by atoms with E-state index in [-0.39, 0.29) is 39.9 Å². The van der Waals surface area contributed by atoms with Crippen molar-refractivity contribution < 1.29 is 23.8 Å². The van der Waals surface area contributed by atoms with E-state index in [1.54, 1.807) is 25.4 Å². The molecule has 12 heteroatoms. The van der Waals surface area contributed by atoms with Gasteiger partial charge in [0.25, 0.3) is 0 Å². The van der Waals surface area contributed by atoms with Gasteiger partial charge in [-0.3, -0.25) is 9.48 Å². The fourth-order valence-corrected chi connectivity index (χ4v) is 5.34. The van der Waals surface area contributed by atoms with Gasteiger partial charge < -0.3 is 30.9 Å². The lowest BCUT2D eigenvalue weighted by Crippen LogP contribution is -2.39. The molecular weight excluding hydrogens is 563 g/mol. The zero-order valence-electron chi connectivity index (χ0n) is 24.5. The topological polar surface area (TPSA) is 142 Å². The molecule has 4 rings (SSSR count). The van der Waals surface area contributed by atoms with Crippen LogP contribution in [-0.4, -0.2) is 62.0 Å². The van der Waals surface area contributed by atoms with Crippen molar-refractivity contribution in [2.24, 2.45) is 5.73 Å². The third-order valence-corrected chi connectivity index (χ3v) is 7.65. The number of nitrogen functional groups attached to an aromatic ring is 1. The average Bonchev–Trinajstić information content (AvgIpc) is 3.42. The molecule has 2 aromatic heterocycles. The second kappa shape index (κ2) is 13.3. The monoisotopic (exact) mass is 602 g/mol. The first-order valence-electron chi connectivity index (χ1n) is 14.2. The Hall–Kier alpha value is -3.41. The molecule has 1 aromatic carbocycles. The maximum absolute atomic E-state index is 14.0. The highest BCUT2D eigenvalue weighted by Gasteiger charge is 2.25. The molecule has 5 N–H and O–H groups in total. The van der Waals surface area contributed by atoms with Crippen LogP contribution in [0, 0.1) is 5.82 Å². The average molecular weight is 603 g/mol. The molecule has 1 fully saturated rings. The quantitative estimate of drug-likeness (QED) is 0.265. The summed E-state index contributed by atoms with van der Waals surface area (Å²) in [5.41, 5.74) is 13.3. The van der Waals surface area contributed by atoms with Crippen LogP contribution in [0.1, 0.15) is 71.1 Å². The summed E-state index contributed by atoms with van der Waals surface area (Å²) in [5, 5.41) is 14.6. The molecule has 10 nitrogen and oxygen atoms in total. The van der Waals surface area contributed by atoms with Gasteiger partial charge in [-0.05, 0) is 78.1 Å². The summed E-state index contributed by atoms with van der Waals surface area (Å²) in [6, 6.07) is 3.73. The summed E-state index contributed by atoms with van der Waals surface area (Å²) in [6.45, 7) is 9.89. The van der Waals surface area contributed by atoms with Gasteiger partial charge in [-0.2, -0.15) is 5.10 Å². The summed E-state index contributed by atoms with van der Waals surface area (Å²) in [4.78, 5) is 18.8. The Labute approximate surface area is 250 Å². The number of aromatic hydroxyl groups is 1. The van der Waals surface area contributed by atoms with Crippen LogP contribution in [0.2, 0.25) is 5.02 Å². The summed E-state index contributed by atoms with van der Waals surface area (Å²) >= 11 is 6.08. The number of benzene rings is 1. The molecule has 2 unspecified atom stereocenters. The molecule has 0 saturated carbocycles. The first-order chi connectivity index (χ1) is 19.8. The lowest BCUT2D eigenvalue weighted by molar-refractivity contribution is -0.156. The van der Waals surface area contributed by atoms with Gasteiger partial charge in [0.1, 0.15) is 29.3 Å². The largest absolute Gasteiger partial charge is 0.507 e. The van der Waals surface area contributed by atoms with E-state index in [9.17, 15) is 14.3 Å². The molecule has 0 radical (unpaired) electrons. The van der Waals surface area contributed by atoms with Crippen molar-refractivity contribution in [3.05, 3.63) is 53.2 Å². The van der Waals surface area contributed by atoms with Crippen LogP contribution in [0.3, 0.4) is 0 Å². The van der Waals surface area contributed by atoms with Gasteiger partial charge in [0.2, 0.25) is 0 Å². The van der Waals surface area contributed by atoms with Crippen molar-refractivity contribution in [3.63, 3.8) is 0 Å². The molecule has 0 aliphatic carbocycles. The molecule has 2 atom stereocenters. The van der Waals surface area contributed by atoms with Crippen LogP contribution < -0.4 is 16.2 Å². The zero-order chi connectivity index (χ0) is 30.6. The first kappa shape index (κ1) is 31.5. The second-order valence-corrected chi connectivity index (χ2v) is 12.1. The number of likely N-dealkylation sites (tertiary alicyclic amines) is 1. The van der Waals surface area contributed by atoms with E-state index in [0.717, 1.165) is 56.1 Å². The number of hydrogen-bond donors (Lipinski definition) is 3. The number of rotatable bonds is 10. The Kier molecular flexibility index (Phi) is 9.96. The Morgan fingerprint density at radius 2 is 1.95 bits per heavy atom. The molecule has 3 heterocycles. The molecule has 3 aromatic rings. The minimum atomic E-state index is -0.784. The van der Waals surface area contributed by atoms with Gasteiger partial charge in [0.15, 0.2) is 11.6 Å². The Morgan fingerprint density at radius 3 is 2.64 bits per heavy atom. The Bertz CT molecular complexity index is 1390. The number of aromatic nitrogens is 3. The minimum Gasteiger partial charge on any atom is -0.507 e. The standard InChI is InChI=1S/C30H40ClFN6O4/c1-18(26-24(39)8-7-22(32)27(26)31)41-25-14-19(15-35-28(25)34)20-16-36-38(17-20)21-9-12-37(13-10-21)11-5-6-23(33)29(40)42-30(2,3)4/h7-8,14-18,21,23,39H,5-6,9-13,33H2,1-4H3,(H2,34,35). The van der Waals surface area contributed by atoms with E-state index < -0.39 is 23.6 Å². The van der Waals surface area contributed by atoms with Crippen molar-refractivity contribution in [1.29, 1.82) is 0 Å². The van der Waals surface area contributed by atoms with Crippen molar-refractivity contribution >= 4 is 23.4 Å². The molecule has 1 aliphatic rings. The zero-order valence-corrected chi connectivity index (χ0v) is 25.3. The highest BCUT2D eigenvalue weighted by Crippen LogP contribution is 2.38. The predicted molar refractivity (Wildman–Crippen MR) is 160 cm³/mol. The number of phenolic OH excluding ortho intramolecular Hbond substituents is 1. The number of anilines is 1. The van der Waals surface area contributed by atoms with E-state index in [1.165, 1.54) is 6.07 Å². The summed E-state index contributed by atoms with van der Waals surface area (Å²) in [7, 11) is 0. The van der Waals surface area contributed by atoms with Crippen LogP contribution in [-0.2, 0) is 9.53 Å². The lowest BCUT2D eigenvalue weighted by Gasteiger charge is -2.32. The predicted octanol–water partition coefficient (Wildman–Crippen LogP) is 5.25. The molecular formula is C30H40ClFN6O4. The third kappa shape index (κ3) is 7.90. The number of nitrogens with two attached hydrogens (primary N) is 2. The van der Waals surface area contributed by atoms with Gasteiger partial charge in [-0.1, -0.05) is 11.6 Å². The van der Waals surface area contributed by atoms with E-state index in [0.29, 0.717) is 6.42 Å². The third-order valence-electron chi connectivity index (χ3n) is 7.27. The van der Waals surface area contributed by atoms with Gasteiger partial charge in [0, 0.05) is 36.6 Å². The highest BCUT2D eigenvalue weighted by molar-refractivity contribution is 6.31. The number of esters is 1. The summed E-state index contributed by atoms with van der Waals surface area (Å²) < 4.78 is 27.3. The van der Waals surface area contributed by atoms with Crippen molar-refractivity contribution in [1.82, 2.24) is 19.7 Å². The maximum Gasteiger partial charge on any atom is 0.323 e. The number of carbonyl (C=O) groups excluding carboxylic acids is 1. The van der Waals surface area contributed by atoms with Gasteiger partial charge in [-0.15, -0.1) is 0 Å². The van der Waals surface area contributed by atoms with Crippen LogP contribution in [0.25, 0.3) is 11.1 Å². The number of pyridine rings is 1. The van der Waals surface area contributed by atoms with Gasteiger partial charge in [0.05, 0.1) is 22.8 Å². The smallest absolute Gasteiger partial charge is 0.323 e. The lowest BCUT2D eigenvalue weighted by atomic mass is 10.0. The Balaban J connectivity index is 1.32. The van der Waals surface area contributed by atoms with E-state index in [4.69, 9.17) is 32.5 Å². The highest BCUT2D eigenvalue weighted by atomic mass is 35.5. The number of carbonyl (C=O) groups is 1. The molecule has 42 heavy (non-hydrogen) atoms. The number of ether oxygens (including phenoxy) is 2. The van der Waals surface area contributed by atoms with Crippen molar-refractivity contribution in [2.75, 3.05) is 25.4 Å². The maximum atomic E-state index is 14.0. The number of hydrogen-bond acceptors (Lipinski definition) is 9.